The van der Waals surface area contributed by atoms with Gasteiger partial charge in [0, 0.05) is 0 Å². The summed E-state index contributed by atoms with van der Waals surface area (Å²) in [5.74, 6) is 0.375. The van der Waals surface area contributed by atoms with Gasteiger partial charge in [-0.2, -0.15) is 5.26 Å². The van der Waals surface area contributed by atoms with Crippen LogP contribution in [-0.2, 0) is 4.79 Å². The molecule has 1 amide bonds. The van der Waals surface area contributed by atoms with Crippen molar-refractivity contribution in [2.24, 2.45) is 0 Å². The number of amides is 1. The van der Waals surface area contributed by atoms with E-state index in [2.05, 4.69) is 57.1 Å². The summed E-state index contributed by atoms with van der Waals surface area (Å²) < 4.78 is 7.47. The molecule has 2 rings (SSSR count). The van der Waals surface area contributed by atoms with Gasteiger partial charge >= 0.3 is 0 Å². The van der Waals surface area contributed by atoms with Gasteiger partial charge in [-0.3, -0.25) is 4.79 Å². The number of ether oxygens (including phenoxy) is 1. The molecule has 0 unspecified atom stereocenters. The Morgan fingerprint density at radius 2 is 1.93 bits per heavy atom. The van der Waals surface area contributed by atoms with Crippen LogP contribution in [0, 0.1) is 18.5 Å². The SMILES string of the molecule is C=CCOc1c(I)cc(/C=C(/C#N)C(=O)N[C@H](C)c2ccccc2)cc1I. The molecule has 0 aliphatic carbocycles. The summed E-state index contributed by atoms with van der Waals surface area (Å²) in [4.78, 5) is 12.5. The fourth-order valence-electron chi connectivity index (χ4n) is 2.36. The van der Waals surface area contributed by atoms with Gasteiger partial charge in [-0.15, -0.1) is 0 Å². The summed E-state index contributed by atoms with van der Waals surface area (Å²) in [6.07, 6.45) is 3.28. The number of halogens is 2. The molecule has 6 heteroatoms. The molecule has 2 aromatic rings. The minimum Gasteiger partial charge on any atom is -0.487 e. The Morgan fingerprint density at radius 3 is 2.48 bits per heavy atom. The number of benzene rings is 2. The van der Waals surface area contributed by atoms with Crippen LogP contribution in [0.15, 0.2) is 60.7 Å². The Labute approximate surface area is 186 Å². The highest BCUT2D eigenvalue weighted by Crippen LogP contribution is 2.30. The smallest absolute Gasteiger partial charge is 0.262 e. The van der Waals surface area contributed by atoms with Crippen molar-refractivity contribution in [3.8, 4) is 11.8 Å². The van der Waals surface area contributed by atoms with E-state index in [4.69, 9.17) is 4.74 Å². The molecule has 4 nitrogen and oxygen atoms in total. The predicted octanol–water partition coefficient (Wildman–Crippen LogP) is 5.24. The maximum absolute atomic E-state index is 12.5. The van der Waals surface area contributed by atoms with Gasteiger partial charge < -0.3 is 10.1 Å². The number of nitrogens with one attached hydrogen (secondary N) is 1. The zero-order valence-corrected chi connectivity index (χ0v) is 19.0. The van der Waals surface area contributed by atoms with Gasteiger partial charge in [0.15, 0.2) is 0 Å². The van der Waals surface area contributed by atoms with Crippen molar-refractivity contribution in [3.05, 3.63) is 79.0 Å². The number of hydrogen-bond donors (Lipinski definition) is 1. The molecule has 1 N–H and O–H groups in total. The first kappa shape index (κ1) is 21.4. The summed E-state index contributed by atoms with van der Waals surface area (Å²) in [5, 5.41) is 12.3. The largest absolute Gasteiger partial charge is 0.487 e. The minimum atomic E-state index is -0.397. The molecule has 0 aromatic heterocycles. The second-order valence-corrected chi connectivity index (χ2v) is 8.01. The van der Waals surface area contributed by atoms with Crippen molar-refractivity contribution < 1.29 is 9.53 Å². The fourth-order valence-corrected chi connectivity index (χ4v) is 4.49. The molecule has 0 aliphatic heterocycles. The van der Waals surface area contributed by atoms with Gasteiger partial charge in [-0.25, -0.2) is 0 Å². The topological polar surface area (TPSA) is 62.1 Å². The molecule has 0 heterocycles. The quantitative estimate of drug-likeness (QED) is 0.210. The summed E-state index contributed by atoms with van der Waals surface area (Å²) in [6, 6.07) is 15.2. The molecular formula is C21H18I2N2O2. The van der Waals surface area contributed by atoms with Crippen molar-refractivity contribution in [1.82, 2.24) is 5.32 Å². The van der Waals surface area contributed by atoms with Gasteiger partial charge in [-0.05, 0) is 81.4 Å². The number of hydrogen-bond acceptors (Lipinski definition) is 3. The zero-order chi connectivity index (χ0) is 19.8. The maximum atomic E-state index is 12.5. The molecule has 0 spiro atoms. The molecule has 0 bridgehead atoms. The van der Waals surface area contributed by atoms with Crippen LogP contribution in [0.5, 0.6) is 5.75 Å². The van der Waals surface area contributed by atoms with E-state index in [0.717, 1.165) is 24.0 Å². The number of nitriles is 1. The van der Waals surface area contributed by atoms with Crippen LogP contribution in [0.25, 0.3) is 6.08 Å². The van der Waals surface area contributed by atoms with Gasteiger partial charge in [0.1, 0.15) is 24.0 Å². The lowest BCUT2D eigenvalue weighted by molar-refractivity contribution is -0.117. The molecule has 1 atom stereocenters. The van der Waals surface area contributed by atoms with Crippen molar-refractivity contribution in [2.45, 2.75) is 13.0 Å². The van der Waals surface area contributed by atoms with Crippen LogP contribution in [0.4, 0.5) is 0 Å². The van der Waals surface area contributed by atoms with Crippen molar-refractivity contribution in [2.75, 3.05) is 6.61 Å². The standard InChI is InChI=1S/C21H18I2N2O2/c1-3-9-27-20-18(22)11-15(12-19(20)23)10-17(13-24)21(26)25-14(2)16-7-5-4-6-8-16/h3-8,10-12,14H,1,9H2,2H3,(H,25,26)/b17-10-/t14-/m1/s1. The van der Waals surface area contributed by atoms with Gasteiger partial charge in [0.25, 0.3) is 5.91 Å². The molecule has 0 radical (unpaired) electrons. The molecule has 0 saturated carbocycles. The third kappa shape index (κ3) is 6.07. The first-order valence-corrected chi connectivity index (χ1v) is 10.3. The highest BCUT2D eigenvalue weighted by Gasteiger charge is 2.15. The van der Waals surface area contributed by atoms with E-state index in [1.165, 1.54) is 0 Å². The predicted molar refractivity (Wildman–Crippen MR) is 124 cm³/mol. The highest BCUT2D eigenvalue weighted by atomic mass is 127. The van der Waals surface area contributed by atoms with E-state index in [0.29, 0.717) is 6.61 Å². The van der Waals surface area contributed by atoms with E-state index < -0.39 is 5.91 Å². The first-order chi connectivity index (χ1) is 13.0. The molecule has 27 heavy (non-hydrogen) atoms. The van der Waals surface area contributed by atoms with E-state index in [-0.39, 0.29) is 11.6 Å². The number of carbonyl (C=O) groups is 1. The van der Waals surface area contributed by atoms with E-state index in [1.54, 1.807) is 12.2 Å². The average molecular weight is 584 g/mol. The summed E-state index contributed by atoms with van der Waals surface area (Å²) in [6.45, 7) is 5.96. The molecule has 0 saturated heterocycles. The second-order valence-electron chi connectivity index (χ2n) is 5.69. The van der Waals surface area contributed by atoms with Gasteiger partial charge in [-0.1, -0.05) is 43.0 Å². The van der Waals surface area contributed by atoms with E-state index in [1.807, 2.05) is 55.5 Å². The Hall–Kier alpha value is -1.86. The van der Waals surface area contributed by atoms with E-state index in [9.17, 15) is 10.1 Å². The maximum Gasteiger partial charge on any atom is 0.262 e. The highest BCUT2D eigenvalue weighted by molar-refractivity contribution is 14.1. The Kier molecular flexibility index (Phi) is 8.31. The second kappa shape index (κ2) is 10.5. The Morgan fingerprint density at radius 1 is 1.30 bits per heavy atom. The molecule has 138 valence electrons. The zero-order valence-electron chi connectivity index (χ0n) is 14.7. The fraction of sp³-hybridized carbons (Fsp3) is 0.143. The van der Waals surface area contributed by atoms with Crippen molar-refractivity contribution in [3.63, 3.8) is 0 Å². The first-order valence-electron chi connectivity index (χ1n) is 8.16. The van der Waals surface area contributed by atoms with Gasteiger partial charge in [0.2, 0.25) is 0 Å². The number of carbonyl (C=O) groups excluding carboxylic acids is 1. The van der Waals surface area contributed by atoms with Crippen LogP contribution < -0.4 is 10.1 Å². The Bertz CT molecular complexity index is 879. The lowest BCUT2D eigenvalue weighted by Gasteiger charge is -2.14. The van der Waals surface area contributed by atoms with Crippen LogP contribution in [0.3, 0.4) is 0 Å². The van der Waals surface area contributed by atoms with E-state index >= 15 is 0 Å². The third-order valence-corrected chi connectivity index (χ3v) is 5.29. The summed E-state index contributed by atoms with van der Waals surface area (Å²) in [7, 11) is 0. The van der Waals surface area contributed by atoms with Gasteiger partial charge in [0.05, 0.1) is 13.2 Å². The minimum absolute atomic E-state index is 0.0594. The third-order valence-electron chi connectivity index (χ3n) is 3.69. The molecule has 0 fully saturated rings. The molecule has 0 aliphatic rings. The molecule has 2 aromatic carbocycles. The normalized spacial score (nSPS) is 12.0. The van der Waals surface area contributed by atoms with Crippen molar-refractivity contribution >= 4 is 57.2 Å². The lowest BCUT2D eigenvalue weighted by atomic mass is 10.1. The summed E-state index contributed by atoms with van der Waals surface area (Å²) in [5.41, 5.74) is 1.81. The summed E-state index contributed by atoms with van der Waals surface area (Å²) >= 11 is 4.36. The van der Waals surface area contributed by atoms with Crippen molar-refractivity contribution in [1.29, 1.82) is 5.26 Å². The average Bonchev–Trinajstić information content (AvgIpc) is 2.66. The van der Waals surface area contributed by atoms with Crippen LogP contribution in [0.1, 0.15) is 24.1 Å². The lowest BCUT2D eigenvalue weighted by Crippen LogP contribution is -2.27. The van der Waals surface area contributed by atoms with Crippen LogP contribution in [0.2, 0.25) is 0 Å². The number of nitrogens with zero attached hydrogens (tertiary/aromatic N) is 1. The Balaban J connectivity index is 2.21. The van der Waals surface area contributed by atoms with Crippen LogP contribution in [-0.4, -0.2) is 12.5 Å². The van der Waals surface area contributed by atoms with Crippen LogP contribution >= 0.6 is 45.2 Å². The monoisotopic (exact) mass is 584 g/mol. The number of rotatable bonds is 7. The molecular weight excluding hydrogens is 566 g/mol.